The number of fused-ring (bicyclic) bond motifs is 1. The molecule has 2 aliphatic rings. The van der Waals surface area contributed by atoms with Gasteiger partial charge in [0, 0.05) is 24.7 Å². The zero-order chi connectivity index (χ0) is 8.55. The fraction of sp³-hybridized carbons (Fsp3) is 0.800. The van der Waals surface area contributed by atoms with Crippen molar-refractivity contribution in [2.45, 2.75) is 38.5 Å². The van der Waals surface area contributed by atoms with E-state index < -0.39 is 0 Å². The number of carbonyl (C=O) groups excluding carboxylic acids is 2. The summed E-state index contributed by atoms with van der Waals surface area (Å²) in [5.74, 6) is 0.915. The molecule has 0 N–H and O–H groups in total. The molecule has 2 aliphatic carbocycles. The van der Waals surface area contributed by atoms with Crippen LogP contribution in [0, 0.1) is 11.8 Å². The minimum absolute atomic E-state index is 0. The van der Waals surface area contributed by atoms with Gasteiger partial charge in [-0.15, -0.1) is 24.0 Å². The molecule has 2 unspecified atom stereocenters. The molecule has 2 saturated carbocycles. The third-order valence-corrected chi connectivity index (χ3v) is 3.21. The van der Waals surface area contributed by atoms with Crippen molar-refractivity contribution in [3.05, 3.63) is 0 Å². The largest absolute Gasteiger partial charge is 0.299 e. The topological polar surface area (TPSA) is 34.1 Å². The first kappa shape index (κ1) is 11.1. The molecule has 2 atom stereocenters. The second kappa shape index (κ2) is 4.53. The summed E-state index contributed by atoms with van der Waals surface area (Å²) in [5, 5.41) is 0. The molecule has 0 spiro atoms. The van der Waals surface area contributed by atoms with Gasteiger partial charge in [0.15, 0.2) is 0 Å². The predicted octanol–water partition coefficient (Wildman–Crippen LogP) is 2.34. The molecule has 0 saturated heterocycles. The first-order chi connectivity index (χ1) is 5.79. The van der Waals surface area contributed by atoms with Gasteiger partial charge < -0.3 is 0 Å². The molecular formula is C10H15IO2. The molecular weight excluding hydrogens is 279 g/mol. The van der Waals surface area contributed by atoms with Crippen molar-refractivity contribution in [3.63, 3.8) is 0 Å². The van der Waals surface area contributed by atoms with Crippen molar-refractivity contribution >= 4 is 35.5 Å². The molecule has 0 heterocycles. The molecule has 0 aromatic carbocycles. The summed E-state index contributed by atoms with van der Waals surface area (Å²) >= 11 is 0. The first-order valence-electron chi connectivity index (χ1n) is 4.84. The van der Waals surface area contributed by atoms with Crippen LogP contribution in [0.3, 0.4) is 0 Å². The highest BCUT2D eigenvalue weighted by molar-refractivity contribution is 14.0. The van der Waals surface area contributed by atoms with Gasteiger partial charge in [-0.2, -0.15) is 0 Å². The average Bonchev–Trinajstić information content (AvgIpc) is 2.12. The van der Waals surface area contributed by atoms with E-state index in [1.165, 1.54) is 0 Å². The van der Waals surface area contributed by atoms with Crippen molar-refractivity contribution in [3.8, 4) is 0 Å². The lowest BCUT2D eigenvalue weighted by Gasteiger charge is -2.32. The van der Waals surface area contributed by atoms with Gasteiger partial charge >= 0.3 is 0 Å². The summed E-state index contributed by atoms with van der Waals surface area (Å²) in [7, 11) is 0. The summed E-state index contributed by atoms with van der Waals surface area (Å²) in [6, 6.07) is 0. The van der Waals surface area contributed by atoms with Crippen LogP contribution in [0.4, 0.5) is 0 Å². The Balaban J connectivity index is 0.000000845. The smallest absolute Gasteiger partial charge is 0.137 e. The highest BCUT2D eigenvalue weighted by Crippen LogP contribution is 2.36. The Morgan fingerprint density at radius 2 is 1.23 bits per heavy atom. The van der Waals surface area contributed by atoms with Crippen LogP contribution in [0.5, 0.6) is 0 Å². The molecule has 74 valence electrons. The number of Topliss-reactive ketones (excluding diaryl/α,β-unsaturated/α-hetero) is 2. The summed E-state index contributed by atoms with van der Waals surface area (Å²) < 4.78 is 0. The fourth-order valence-corrected chi connectivity index (χ4v) is 2.52. The van der Waals surface area contributed by atoms with E-state index in [4.69, 9.17) is 0 Å². The number of ketones is 2. The SMILES string of the molecule is I.O=C1CCC(=O)C2CCCCC12. The summed E-state index contributed by atoms with van der Waals surface area (Å²) in [6.07, 6.45) is 5.24. The van der Waals surface area contributed by atoms with Gasteiger partial charge in [0.1, 0.15) is 11.6 Å². The van der Waals surface area contributed by atoms with E-state index in [9.17, 15) is 9.59 Å². The quantitative estimate of drug-likeness (QED) is 0.643. The molecule has 0 amide bonds. The van der Waals surface area contributed by atoms with Crippen LogP contribution in [-0.2, 0) is 9.59 Å². The Labute approximate surface area is 95.5 Å². The van der Waals surface area contributed by atoms with E-state index >= 15 is 0 Å². The highest BCUT2D eigenvalue weighted by atomic mass is 127. The lowest BCUT2D eigenvalue weighted by Crippen LogP contribution is -2.37. The lowest BCUT2D eigenvalue weighted by atomic mass is 9.69. The molecule has 2 rings (SSSR count). The van der Waals surface area contributed by atoms with E-state index in [0.717, 1.165) is 25.7 Å². The zero-order valence-corrected chi connectivity index (χ0v) is 9.95. The molecule has 0 aliphatic heterocycles. The van der Waals surface area contributed by atoms with Gasteiger partial charge in [-0.3, -0.25) is 9.59 Å². The third-order valence-electron chi connectivity index (χ3n) is 3.21. The zero-order valence-electron chi connectivity index (χ0n) is 7.62. The molecule has 13 heavy (non-hydrogen) atoms. The Kier molecular flexibility index (Phi) is 3.88. The average molecular weight is 294 g/mol. The summed E-state index contributed by atoms with van der Waals surface area (Å²) in [5.41, 5.74) is 0. The highest BCUT2D eigenvalue weighted by Gasteiger charge is 2.38. The van der Waals surface area contributed by atoms with Crippen LogP contribution < -0.4 is 0 Å². The van der Waals surface area contributed by atoms with E-state index in [-0.39, 0.29) is 35.8 Å². The van der Waals surface area contributed by atoms with Gasteiger partial charge in [0.25, 0.3) is 0 Å². The lowest BCUT2D eigenvalue weighted by molar-refractivity contribution is -0.139. The number of carbonyl (C=O) groups is 2. The molecule has 0 radical (unpaired) electrons. The number of hydrogen-bond donors (Lipinski definition) is 0. The molecule has 0 aromatic rings. The molecule has 2 nitrogen and oxygen atoms in total. The molecule has 0 bridgehead atoms. The van der Waals surface area contributed by atoms with Crippen LogP contribution in [0.1, 0.15) is 38.5 Å². The molecule has 2 fully saturated rings. The van der Waals surface area contributed by atoms with Crippen LogP contribution in [0.15, 0.2) is 0 Å². The van der Waals surface area contributed by atoms with E-state index in [2.05, 4.69) is 0 Å². The van der Waals surface area contributed by atoms with Crippen molar-refractivity contribution in [2.75, 3.05) is 0 Å². The number of hydrogen-bond acceptors (Lipinski definition) is 2. The Bertz CT molecular complexity index is 201. The normalized spacial score (nSPS) is 33.5. The van der Waals surface area contributed by atoms with Crippen molar-refractivity contribution < 1.29 is 9.59 Å². The van der Waals surface area contributed by atoms with Crippen LogP contribution >= 0.6 is 24.0 Å². The Hall–Kier alpha value is 0.0700. The monoisotopic (exact) mass is 294 g/mol. The summed E-state index contributed by atoms with van der Waals surface area (Å²) in [6.45, 7) is 0. The predicted molar refractivity (Wildman–Crippen MR) is 60.1 cm³/mol. The third kappa shape index (κ3) is 2.11. The second-order valence-corrected chi connectivity index (χ2v) is 3.93. The van der Waals surface area contributed by atoms with E-state index in [0.29, 0.717) is 24.4 Å². The van der Waals surface area contributed by atoms with Crippen LogP contribution in [-0.4, -0.2) is 11.6 Å². The van der Waals surface area contributed by atoms with Crippen LogP contribution in [0.2, 0.25) is 0 Å². The maximum absolute atomic E-state index is 11.4. The fourth-order valence-electron chi connectivity index (χ4n) is 2.52. The van der Waals surface area contributed by atoms with Gasteiger partial charge in [0.2, 0.25) is 0 Å². The standard InChI is InChI=1S/C10H14O2.HI/c11-9-5-6-10(12)8-4-2-1-3-7(8)9;/h7-8H,1-6H2;1H. The van der Waals surface area contributed by atoms with Crippen molar-refractivity contribution in [2.24, 2.45) is 11.8 Å². The van der Waals surface area contributed by atoms with Crippen molar-refractivity contribution in [1.82, 2.24) is 0 Å². The number of halogens is 1. The van der Waals surface area contributed by atoms with Gasteiger partial charge in [-0.1, -0.05) is 12.8 Å². The summed E-state index contributed by atoms with van der Waals surface area (Å²) in [4.78, 5) is 22.8. The van der Waals surface area contributed by atoms with E-state index in [1.54, 1.807) is 0 Å². The Morgan fingerprint density at radius 1 is 0.846 bits per heavy atom. The molecule has 3 heteroatoms. The molecule has 0 aromatic heterocycles. The minimum Gasteiger partial charge on any atom is -0.299 e. The van der Waals surface area contributed by atoms with Gasteiger partial charge in [-0.05, 0) is 12.8 Å². The maximum Gasteiger partial charge on any atom is 0.137 e. The van der Waals surface area contributed by atoms with Gasteiger partial charge in [-0.25, -0.2) is 0 Å². The first-order valence-corrected chi connectivity index (χ1v) is 4.84. The van der Waals surface area contributed by atoms with Crippen molar-refractivity contribution in [1.29, 1.82) is 0 Å². The number of rotatable bonds is 0. The second-order valence-electron chi connectivity index (χ2n) is 3.93. The van der Waals surface area contributed by atoms with E-state index in [1.807, 2.05) is 0 Å². The minimum atomic E-state index is 0. The maximum atomic E-state index is 11.4. The van der Waals surface area contributed by atoms with Gasteiger partial charge in [0.05, 0.1) is 0 Å². The Morgan fingerprint density at radius 3 is 1.62 bits per heavy atom. The van der Waals surface area contributed by atoms with Crippen LogP contribution in [0.25, 0.3) is 0 Å².